The molecule has 1 aliphatic carbocycles. The molecule has 0 spiro atoms. The predicted molar refractivity (Wildman–Crippen MR) is 76.9 cm³/mol. The van der Waals surface area contributed by atoms with Crippen LogP contribution in [-0.2, 0) is 6.54 Å². The zero-order valence-electron chi connectivity index (χ0n) is 12.3. The summed E-state index contributed by atoms with van der Waals surface area (Å²) >= 11 is 0. The van der Waals surface area contributed by atoms with Crippen LogP contribution >= 0.6 is 0 Å². The van der Waals surface area contributed by atoms with Crippen LogP contribution in [-0.4, -0.2) is 26.2 Å². The molecule has 0 radical (unpaired) electrons. The lowest BCUT2D eigenvalue weighted by molar-refractivity contribution is 0.326. The summed E-state index contributed by atoms with van der Waals surface area (Å²) in [5, 5.41) is 7.60. The fourth-order valence-corrected chi connectivity index (χ4v) is 3.04. The number of fused-ring (bicyclic) bond motifs is 1. The largest absolute Gasteiger partial charge is 0.338 e. The maximum Gasteiger partial charge on any atom is 0.243 e. The quantitative estimate of drug-likeness (QED) is 0.914. The molecule has 3 heterocycles. The first-order valence-corrected chi connectivity index (χ1v) is 7.89. The zero-order chi connectivity index (χ0) is 14.2. The van der Waals surface area contributed by atoms with Crippen LogP contribution in [0.3, 0.4) is 0 Å². The van der Waals surface area contributed by atoms with Crippen LogP contribution in [0.25, 0.3) is 0 Å². The first-order chi connectivity index (χ1) is 10.3. The zero-order valence-corrected chi connectivity index (χ0v) is 12.3. The van der Waals surface area contributed by atoms with Crippen LogP contribution in [0.1, 0.15) is 68.0 Å². The summed E-state index contributed by atoms with van der Waals surface area (Å²) in [4.78, 5) is 9.01. The fourth-order valence-electron chi connectivity index (χ4n) is 3.04. The van der Waals surface area contributed by atoms with Gasteiger partial charge in [-0.15, -0.1) is 0 Å². The summed E-state index contributed by atoms with van der Waals surface area (Å²) in [5.74, 6) is 3.80. The van der Waals surface area contributed by atoms with E-state index in [4.69, 9.17) is 4.52 Å². The maximum absolute atomic E-state index is 5.38. The van der Waals surface area contributed by atoms with Crippen molar-refractivity contribution in [2.24, 2.45) is 0 Å². The lowest BCUT2D eigenvalue weighted by Gasteiger charge is -2.24. The summed E-state index contributed by atoms with van der Waals surface area (Å²) in [5.41, 5.74) is 0. The van der Waals surface area contributed by atoms with Gasteiger partial charge in [0, 0.05) is 37.3 Å². The van der Waals surface area contributed by atoms with Gasteiger partial charge in [-0.2, -0.15) is 4.98 Å². The Balaban J connectivity index is 1.38. The Labute approximate surface area is 123 Å². The molecule has 6 heteroatoms. The Morgan fingerprint density at radius 2 is 2.33 bits per heavy atom. The average molecular weight is 287 g/mol. The van der Waals surface area contributed by atoms with E-state index in [9.17, 15) is 0 Å². The first-order valence-electron chi connectivity index (χ1n) is 7.89. The van der Waals surface area contributed by atoms with E-state index in [0.29, 0.717) is 17.7 Å². The molecule has 1 aliphatic heterocycles. The first kappa shape index (κ1) is 13.0. The van der Waals surface area contributed by atoms with Crippen LogP contribution in [0.5, 0.6) is 0 Å². The highest BCUT2D eigenvalue weighted by molar-refractivity contribution is 5.06. The predicted octanol–water partition coefficient (Wildman–Crippen LogP) is 2.37. The molecule has 0 bridgehead atoms. The van der Waals surface area contributed by atoms with Crippen molar-refractivity contribution in [1.29, 1.82) is 0 Å². The highest BCUT2D eigenvalue weighted by Gasteiger charge is 2.30. The van der Waals surface area contributed by atoms with Crippen LogP contribution in [0, 0.1) is 0 Å². The molecule has 1 saturated carbocycles. The summed E-state index contributed by atoms with van der Waals surface area (Å²) in [6.45, 7) is 4.08. The van der Waals surface area contributed by atoms with E-state index in [2.05, 4.69) is 38.1 Å². The minimum atomic E-state index is 0.0929. The van der Waals surface area contributed by atoms with E-state index < -0.39 is 0 Å². The third-order valence-corrected chi connectivity index (χ3v) is 4.51. The summed E-state index contributed by atoms with van der Waals surface area (Å²) in [6.07, 6.45) is 8.78. The van der Waals surface area contributed by atoms with E-state index in [1.165, 1.54) is 31.5 Å². The number of imidazole rings is 1. The van der Waals surface area contributed by atoms with Gasteiger partial charge in [0.15, 0.2) is 5.82 Å². The van der Waals surface area contributed by atoms with Gasteiger partial charge in [-0.25, -0.2) is 4.98 Å². The third kappa shape index (κ3) is 2.60. The van der Waals surface area contributed by atoms with E-state index in [-0.39, 0.29) is 6.04 Å². The highest BCUT2D eigenvalue weighted by Crippen LogP contribution is 2.38. The molecule has 2 aromatic heterocycles. The Hall–Kier alpha value is -1.69. The molecule has 0 unspecified atom stereocenters. The van der Waals surface area contributed by atoms with Gasteiger partial charge in [-0.3, -0.25) is 0 Å². The summed E-state index contributed by atoms with van der Waals surface area (Å²) in [7, 11) is 0. The Morgan fingerprint density at radius 3 is 3.19 bits per heavy atom. The SMILES string of the molecule is C[C@H](NC[C@@H]1CCCn2ccnc21)c1nc(C2CC2)no1. The number of nitrogens with zero attached hydrogens (tertiary/aromatic N) is 4. The molecule has 0 aromatic carbocycles. The minimum absolute atomic E-state index is 0.0929. The van der Waals surface area contributed by atoms with Crippen LogP contribution in [0.2, 0.25) is 0 Å². The topological polar surface area (TPSA) is 68.8 Å². The maximum atomic E-state index is 5.38. The van der Waals surface area contributed by atoms with Crippen molar-refractivity contribution in [3.8, 4) is 0 Å². The average Bonchev–Trinajstić information content (AvgIpc) is 3.04. The number of rotatable bonds is 5. The molecule has 21 heavy (non-hydrogen) atoms. The van der Waals surface area contributed by atoms with E-state index >= 15 is 0 Å². The fraction of sp³-hybridized carbons (Fsp3) is 0.667. The van der Waals surface area contributed by atoms with Gasteiger partial charge in [-0.1, -0.05) is 5.16 Å². The molecule has 0 amide bonds. The monoisotopic (exact) mass is 287 g/mol. The van der Waals surface area contributed by atoms with Crippen molar-refractivity contribution in [1.82, 2.24) is 25.0 Å². The number of aryl methyl sites for hydroxylation is 1. The van der Waals surface area contributed by atoms with Crippen molar-refractivity contribution in [2.45, 2.75) is 57.0 Å². The third-order valence-electron chi connectivity index (χ3n) is 4.51. The molecule has 2 aromatic rings. The highest BCUT2D eigenvalue weighted by atomic mass is 16.5. The Bertz CT molecular complexity index is 615. The number of hydrogen-bond donors (Lipinski definition) is 1. The second-order valence-electron chi connectivity index (χ2n) is 6.21. The smallest absolute Gasteiger partial charge is 0.243 e. The van der Waals surface area contributed by atoms with Gasteiger partial charge in [0.05, 0.1) is 6.04 Å². The normalized spacial score (nSPS) is 23.0. The second kappa shape index (κ2) is 5.26. The van der Waals surface area contributed by atoms with E-state index in [1.807, 2.05) is 6.20 Å². The molecule has 1 fully saturated rings. The van der Waals surface area contributed by atoms with Crippen molar-refractivity contribution < 1.29 is 4.52 Å². The van der Waals surface area contributed by atoms with Crippen molar-refractivity contribution >= 4 is 0 Å². The molecule has 2 aliphatic rings. The van der Waals surface area contributed by atoms with Gasteiger partial charge in [0.2, 0.25) is 5.89 Å². The van der Waals surface area contributed by atoms with Gasteiger partial charge >= 0.3 is 0 Å². The molecular formula is C15H21N5O. The molecule has 6 nitrogen and oxygen atoms in total. The van der Waals surface area contributed by atoms with Gasteiger partial charge in [0.25, 0.3) is 0 Å². The lowest BCUT2D eigenvalue weighted by atomic mass is 9.98. The standard InChI is InChI=1S/C15H21N5O/c1-10(15-18-13(19-21-15)11-4-5-11)17-9-12-3-2-7-20-8-6-16-14(12)20/h6,8,10-12,17H,2-5,7,9H2,1H3/t10-,12-/m0/s1. The second-order valence-corrected chi connectivity index (χ2v) is 6.21. The number of hydrogen-bond acceptors (Lipinski definition) is 5. The van der Waals surface area contributed by atoms with Crippen molar-refractivity contribution in [3.63, 3.8) is 0 Å². The van der Waals surface area contributed by atoms with Crippen LogP contribution in [0.15, 0.2) is 16.9 Å². The molecular weight excluding hydrogens is 266 g/mol. The Morgan fingerprint density at radius 1 is 1.43 bits per heavy atom. The summed E-state index contributed by atoms with van der Waals surface area (Å²) < 4.78 is 7.64. The molecule has 0 saturated heterocycles. The lowest BCUT2D eigenvalue weighted by Crippen LogP contribution is -2.28. The van der Waals surface area contributed by atoms with Gasteiger partial charge in [0.1, 0.15) is 5.82 Å². The van der Waals surface area contributed by atoms with Crippen LogP contribution < -0.4 is 5.32 Å². The van der Waals surface area contributed by atoms with E-state index in [0.717, 1.165) is 18.9 Å². The number of aromatic nitrogens is 4. The molecule has 2 atom stereocenters. The van der Waals surface area contributed by atoms with E-state index in [1.54, 1.807) is 0 Å². The van der Waals surface area contributed by atoms with Crippen molar-refractivity contribution in [2.75, 3.05) is 6.54 Å². The molecule has 1 N–H and O–H groups in total. The summed E-state index contributed by atoms with van der Waals surface area (Å²) in [6, 6.07) is 0.0929. The van der Waals surface area contributed by atoms with Crippen molar-refractivity contribution in [3.05, 3.63) is 29.9 Å². The van der Waals surface area contributed by atoms with Crippen LogP contribution in [0.4, 0.5) is 0 Å². The minimum Gasteiger partial charge on any atom is -0.338 e. The Kier molecular flexibility index (Phi) is 3.25. The van der Waals surface area contributed by atoms with Gasteiger partial charge in [-0.05, 0) is 32.6 Å². The number of nitrogens with one attached hydrogen (secondary N) is 1. The molecule has 4 rings (SSSR count). The van der Waals surface area contributed by atoms with Gasteiger partial charge < -0.3 is 14.4 Å². The molecule has 112 valence electrons.